The molecule has 0 atom stereocenters. The third-order valence-electron chi connectivity index (χ3n) is 2.80. The number of hydrogen-bond acceptors (Lipinski definition) is 5. The van der Waals surface area contributed by atoms with Gasteiger partial charge in [0.25, 0.3) is 0 Å². The highest BCUT2D eigenvalue weighted by molar-refractivity contribution is 7.10. The number of nitrogens with zero attached hydrogens (tertiary/aromatic N) is 5. The molecule has 3 aromatic rings. The molecule has 0 spiro atoms. The summed E-state index contributed by atoms with van der Waals surface area (Å²) in [5.41, 5.74) is 3.53. The molecule has 0 aliphatic rings. The first-order valence-corrected chi connectivity index (χ1v) is 7.03. The molecule has 3 aromatic heterocycles. The third kappa shape index (κ3) is 2.50. The highest BCUT2D eigenvalue weighted by Crippen LogP contribution is 2.21. The third-order valence-corrected chi connectivity index (χ3v) is 3.73. The van der Waals surface area contributed by atoms with Gasteiger partial charge in [0.05, 0.1) is 11.4 Å². The van der Waals surface area contributed by atoms with Crippen molar-refractivity contribution in [1.29, 1.82) is 0 Å². The molecular weight excluding hydrogens is 270 g/mol. The van der Waals surface area contributed by atoms with Crippen LogP contribution in [0.25, 0.3) is 23.5 Å². The molecule has 3 heterocycles. The minimum absolute atomic E-state index is 0.776. The zero-order valence-corrected chi connectivity index (χ0v) is 12.0. The number of pyridine rings is 1. The van der Waals surface area contributed by atoms with Crippen molar-refractivity contribution in [3.63, 3.8) is 0 Å². The van der Waals surface area contributed by atoms with Crippen LogP contribution in [0.5, 0.6) is 0 Å². The molecule has 20 heavy (non-hydrogen) atoms. The Morgan fingerprint density at radius 3 is 2.85 bits per heavy atom. The van der Waals surface area contributed by atoms with E-state index in [4.69, 9.17) is 0 Å². The molecule has 0 aromatic carbocycles. The summed E-state index contributed by atoms with van der Waals surface area (Å²) in [4.78, 5) is 8.73. The molecule has 0 aliphatic carbocycles. The van der Waals surface area contributed by atoms with Gasteiger partial charge in [-0.2, -0.15) is 0 Å². The molecule has 0 radical (unpaired) electrons. The second kappa shape index (κ2) is 5.34. The number of aromatic nitrogens is 5. The maximum Gasteiger partial charge on any atom is 0.138 e. The van der Waals surface area contributed by atoms with Crippen LogP contribution in [-0.2, 0) is 7.05 Å². The van der Waals surface area contributed by atoms with Gasteiger partial charge in [0.1, 0.15) is 10.7 Å². The fourth-order valence-corrected chi connectivity index (χ4v) is 2.52. The first-order valence-electron chi connectivity index (χ1n) is 6.15. The van der Waals surface area contributed by atoms with Crippen LogP contribution in [0.15, 0.2) is 29.8 Å². The van der Waals surface area contributed by atoms with E-state index in [9.17, 15) is 0 Å². The smallest absolute Gasteiger partial charge is 0.138 e. The first kappa shape index (κ1) is 12.7. The van der Waals surface area contributed by atoms with E-state index in [1.54, 1.807) is 22.2 Å². The van der Waals surface area contributed by atoms with Crippen molar-refractivity contribution >= 4 is 23.5 Å². The van der Waals surface area contributed by atoms with E-state index in [1.807, 2.05) is 49.7 Å². The quantitative estimate of drug-likeness (QED) is 0.741. The van der Waals surface area contributed by atoms with Crippen LogP contribution in [0, 0.1) is 6.92 Å². The van der Waals surface area contributed by atoms with Crippen molar-refractivity contribution in [1.82, 2.24) is 25.0 Å². The maximum atomic E-state index is 4.41. The molecule has 0 unspecified atom stereocenters. The maximum absolute atomic E-state index is 4.41. The molecule has 6 heteroatoms. The van der Waals surface area contributed by atoms with E-state index in [1.165, 1.54) is 0 Å². The van der Waals surface area contributed by atoms with Crippen molar-refractivity contribution in [3.8, 4) is 11.4 Å². The minimum atomic E-state index is 0.776. The van der Waals surface area contributed by atoms with Crippen LogP contribution < -0.4 is 0 Å². The zero-order chi connectivity index (χ0) is 13.9. The molecule has 0 N–H and O–H groups in total. The lowest BCUT2D eigenvalue weighted by molar-refractivity contribution is 0.710. The molecule has 0 amide bonds. The topological polar surface area (TPSA) is 56.5 Å². The van der Waals surface area contributed by atoms with E-state index in [-0.39, 0.29) is 0 Å². The average molecular weight is 283 g/mol. The zero-order valence-electron chi connectivity index (χ0n) is 11.2. The Morgan fingerprint density at radius 1 is 1.25 bits per heavy atom. The molecule has 0 fully saturated rings. The molecule has 0 aliphatic heterocycles. The predicted octanol–water partition coefficient (Wildman–Crippen LogP) is 2.81. The Labute approximate surface area is 120 Å². The van der Waals surface area contributed by atoms with Gasteiger partial charge in [-0.1, -0.05) is 11.3 Å². The van der Waals surface area contributed by atoms with Crippen molar-refractivity contribution in [2.24, 2.45) is 7.05 Å². The van der Waals surface area contributed by atoms with Crippen molar-refractivity contribution in [2.75, 3.05) is 0 Å². The van der Waals surface area contributed by atoms with E-state index in [2.05, 4.69) is 20.3 Å². The molecular formula is C14H13N5S. The van der Waals surface area contributed by atoms with Gasteiger partial charge in [0.15, 0.2) is 0 Å². The Morgan fingerprint density at radius 2 is 2.15 bits per heavy atom. The Bertz CT molecular complexity index is 742. The average Bonchev–Trinajstić information content (AvgIpc) is 3.04. The lowest BCUT2D eigenvalue weighted by Crippen LogP contribution is -1.93. The fourth-order valence-electron chi connectivity index (χ4n) is 1.84. The Hall–Kier alpha value is -2.34. The SMILES string of the molecule is Cc1csc(/C=C/c2c(-c3ccccn3)nnn2C)n1. The van der Waals surface area contributed by atoms with Gasteiger partial charge in [0.2, 0.25) is 0 Å². The molecule has 0 saturated carbocycles. The minimum Gasteiger partial charge on any atom is -0.254 e. The van der Waals surface area contributed by atoms with Crippen molar-refractivity contribution in [3.05, 3.63) is 46.2 Å². The standard InChI is InChI=1S/C14H13N5S/c1-10-9-20-13(16-10)7-6-12-14(17-18-19(12)2)11-5-3-4-8-15-11/h3-9H,1-2H3/b7-6+. The van der Waals surface area contributed by atoms with Crippen molar-refractivity contribution in [2.45, 2.75) is 6.92 Å². The summed E-state index contributed by atoms with van der Waals surface area (Å²) in [6.45, 7) is 1.98. The fraction of sp³-hybridized carbons (Fsp3) is 0.143. The van der Waals surface area contributed by atoms with Gasteiger partial charge in [-0.25, -0.2) is 9.67 Å². The highest BCUT2D eigenvalue weighted by Gasteiger charge is 2.11. The van der Waals surface area contributed by atoms with Crippen LogP contribution >= 0.6 is 11.3 Å². The van der Waals surface area contributed by atoms with E-state index < -0.39 is 0 Å². The molecule has 100 valence electrons. The Balaban J connectivity index is 1.98. The molecule has 0 saturated heterocycles. The molecule has 3 rings (SSSR count). The monoisotopic (exact) mass is 283 g/mol. The number of aryl methyl sites for hydroxylation is 2. The summed E-state index contributed by atoms with van der Waals surface area (Å²) in [6.07, 6.45) is 5.70. The van der Waals surface area contributed by atoms with Gasteiger partial charge in [-0.15, -0.1) is 16.4 Å². The Kier molecular flexibility index (Phi) is 3.39. The first-order chi connectivity index (χ1) is 9.74. The summed E-state index contributed by atoms with van der Waals surface area (Å²) in [5.74, 6) is 0. The molecule has 5 nitrogen and oxygen atoms in total. The largest absolute Gasteiger partial charge is 0.254 e. The van der Waals surface area contributed by atoms with Gasteiger partial charge in [0, 0.05) is 24.3 Å². The lowest BCUT2D eigenvalue weighted by atomic mass is 10.2. The van der Waals surface area contributed by atoms with Gasteiger partial charge in [-0.05, 0) is 31.2 Å². The summed E-state index contributed by atoms with van der Waals surface area (Å²) < 4.78 is 1.74. The van der Waals surface area contributed by atoms with Crippen LogP contribution in [0.3, 0.4) is 0 Å². The van der Waals surface area contributed by atoms with Crippen LogP contribution in [-0.4, -0.2) is 25.0 Å². The second-order valence-corrected chi connectivity index (χ2v) is 5.21. The van der Waals surface area contributed by atoms with Crippen LogP contribution in [0.2, 0.25) is 0 Å². The van der Waals surface area contributed by atoms with E-state index in [0.717, 1.165) is 27.8 Å². The van der Waals surface area contributed by atoms with E-state index in [0.29, 0.717) is 0 Å². The second-order valence-electron chi connectivity index (χ2n) is 4.32. The molecule has 0 bridgehead atoms. The normalized spacial score (nSPS) is 11.3. The van der Waals surface area contributed by atoms with Gasteiger partial charge in [-0.3, -0.25) is 4.98 Å². The van der Waals surface area contributed by atoms with Crippen molar-refractivity contribution < 1.29 is 0 Å². The summed E-state index contributed by atoms with van der Waals surface area (Å²) >= 11 is 1.62. The van der Waals surface area contributed by atoms with Gasteiger partial charge >= 0.3 is 0 Å². The highest BCUT2D eigenvalue weighted by atomic mass is 32.1. The number of thiazole rings is 1. The number of rotatable bonds is 3. The summed E-state index contributed by atoms with van der Waals surface area (Å²) in [6, 6.07) is 5.75. The predicted molar refractivity (Wildman–Crippen MR) is 80.0 cm³/mol. The van der Waals surface area contributed by atoms with Crippen LogP contribution in [0.1, 0.15) is 16.4 Å². The lowest BCUT2D eigenvalue weighted by Gasteiger charge is -1.98. The van der Waals surface area contributed by atoms with Gasteiger partial charge < -0.3 is 0 Å². The number of hydrogen-bond donors (Lipinski definition) is 0. The van der Waals surface area contributed by atoms with Crippen LogP contribution in [0.4, 0.5) is 0 Å². The van der Waals surface area contributed by atoms with E-state index >= 15 is 0 Å². The summed E-state index contributed by atoms with van der Waals surface area (Å²) in [5, 5.41) is 11.3. The summed E-state index contributed by atoms with van der Waals surface area (Å²) in [7, 11) is 1.87.